The number of hydrogen-bond acceptors (Lipinski definition) is 5. The van der Waals surface area contributed by atoms with Gasteiger partial charge in [0.1, 0.15) is 5.75 Å². The molecule has 4 aromatic rings. The number of rotatable bonds is 3. The van der Waals surface area contributed by atoms with Gasteiger partial charge in [0, 0.05) is 28.1 Å². The van der Waals surface area contributed by atoms with Crippen LogP contribution in [0.3, 0.4) is 0 Å². The molecule has 0 atom stereocenters. The maximum absolute atomic E-state index is 11.5. The van der Waals surface area contributed by atoms with E-state index in [-0.39, 0.29) is 12.4 Å². The van der Waals surface area contributed by atoms with E-state index in [0.29, 0.717) is 23.5 Å². The number of carbonyl (C=O) groups is 1. The molecule has 3 aromatic carbocycles. The van der Waals surface area contributed by atoms with Gasteiger partial charge in [-0.3, -0.25) is 4.99 Å². The molecule has 0 saturated carbocycles. The number of fused-ring (bicyclic) bond motifs is 3. The second-order valence-corrected chi connectivity index (χ2v) is 6.72. The zero-order chi connectivity index (χ0) is 19.8. The summed E-state index contributed by atoms with van der Waals surface area (Å²) in [6, 6.07) is 18.8. The fourth-order valence-corrected chi connectivity index (χ4v) is 3.56. The van der Waals surface area contributed by atoms with E-state index in [1.165, 1.54) is 0 Å². The van der Waals surface area contributed by atoms with E-state index in [0.717, 1.165) is 27.5 Å². The molecule has 0 amide bonds. The molecule has 0 unspecified atom stereocenters. The normalized spacial score (nSPS) is 13.5. The summed E-state index contributed by atoms with van der Waals surface area (Å²) in [5, 5.41) is 11.3. The van der Waals surface area contributed by atoms with Crippen molar-refractivity contribution in [3.8, 4) is 5.75 Å². The lowest BCUT2D eigenvalue weighted by atomic mass is 10.0. The molecule has 29 heavy (non-hydrogen) atoms. The van der Waals surface area contributed by atoms with E-state index >= 15 is 0 Å². The van der Waals surface area contributed by atoms with Crippen molar-refractivity contribution in [1.29, 1.82) is 0 Å². The van der Waals surface area contributed by atoms with Gasteiger partial charge in [-0.2, -0.15) is 0 Å². The highest BCUT2D eigenvalue weighted by atomic mass is 16.7. The van der Waals surface area contributed by atoms with Crippen LogP contribution in [-0.4, -0.2) is 29.1 Å². The van der Waals surface area contributed by atoms with Crippen LogP contribution in [0.2, 0.25) is 0 Å². The number of para-hydroxylation sites is 2. The second-order valence-electron chi connectivity index (χ2n) is 6.72. The SMILES string of the molecule is O=C(O)c1cc(C=Nc2c3ccccc3nc3ccccc23)c2c(c1)COCO2. The maximum atomic E-state index is 11.5. The third-order valence-corrected chi connectivity index (χ3v) is 4.88. The van der Waals surface area contributed by atoms with Crippen molar-refractivity contribution in [2.45, 2.75) is 6.61 Å². The first-order valence-electron chi connectivity index (χ1n) is 9.13. The molecule has 5 rings (SSSR count). The predicted molar refractivity (Wildman–Crippen MR) is 110 cm³/mol. The quantitative estimate of drug-likeness (QED) is 0.409. The lowest BCUT2D eigenvalue weighted by Gasteiger charge is -2.20. The molecule has 1 aliphatic rings. The number of aliphatic imine (C=N–C) groups is 1. The molecule has 0 aliphatic carbocycles. The Hall–Kier alpha value is -3.77. The minimum absolute atomic E-state index is 0.126. The average Bonchev–Trinajstić information content (AvgIpc) is 2.76. The third-order valence-electron chi connectivity index (χ3n) is 4.88. The minimum atomic E-state index is -1.01. The first-order chi connectivity index (χ1) is 14.2. The summed E-state index contributed by atoms with van der Waals surface area (Å²) in [5.74, 6) is -0.402. The molecule has 0 bridgehead atoms. The fraction of sp³-hybridized carbons (Fsp3) is 0.0870. The summed E-state index contributed by atoms with van der Waals surface area (Å²) in [7, 11) is 0. The van der Waals surface area contributed by atoms with Gasteiger partial charge >= 0.3 is 5.97 Å². The number of nitrogens with zero attached hydrogens (tertiary/aromatic N) is 2. The van der Waals surface area contributed by atoms with Gasteiger partial charge in [-0.15, -0.1) is 0 Å². The Morgan fingerprint density at radius 1 is 1.03 bits per heavy atom. The van der Waals surface area contributed by atoms with Crippen LogP contribution in [0.4, 0.5) is 5.69 Å². The number of ether oxygens (including phenoxy) is 2. The molecule has 1 N–H and O–H groups in total. The number of hydrogen-bond donors (Lipinski definition) is 1. The smallest absolute Gasteiger partial charge is 0.335 e. The van der Waals surface area contributed by atoms with Gasteiger partial charge in [0.05, 0.1) is 28.9 Å². The predicted octanol–water partition coefficient (Wildman–Crippen LogP) is 4.70. The number of carboxylic acid groups (broad SMARTS) is 1. The molecule has 0 saturated heterocycles. The molecule has 142 valence electrons. The Kier molecular flexibility index (Phi) is 4.18. The Balaban J connectivity index is 1.72. The summed E-state index contributed by atoms with van der Waals surface area (Å²) in [6.45, 7) is 0.430. The summed E-state index contributed by atoms with van der Waals surface area (Å²) in [4.78, 5) is 21.0. The topological polar surface area (TPSA) is 81.0 Å². The van der Waals surface area contributed by atoms with Gasteiger partial charge in [-0.25, -0.2) is 9.78 Å². The lowest BCUT2D eigenvalue weighted by Crippen LogP contribution is -2.14. The van der Waals surface area contributed by atoms with E-state index in [2.05, 4.69) is 0 Å². The van der Waals surface area contributed by atoms with E-state index in [9.17, 15) is 9.90 Å². The Labute approximate surface area is 166 Å². The molecular weight excluding hydrogens is 368 g/mol. The van der Waals surface area contributed by atoms with Crippen LogP contribution in [0, 0.1) is 0 Å². The third kappa shape index (κ3) is 3.09. The number of benzene rings is 3. The first-order valence-corrected chi connectivity index (χ1v) is 9.13. The van der Waals surface area contributed by atoms with Gasteiger partial charge < -0.3 is 14.6 Å². The van der Waals surface area contributed by atoms with E-state index in [1.54, 1.807) is 18.3 Å². The van der Waals surface area contributed by atoms with Crippen LogP contribution in [0.25, 0.3) is 21.8 Å². The minimum Gasteiger partial charge on any atom is -0.478 e. The van der Waals surface area contributed by atoms with Crippen molar-refractivity contribution >= 4 is 39.7 Å². The molecule has 1 aliphatic heterocycles. The van der Waals surface area contributed by atoms with Crippen LogP contribution >= 0.6 is 0 Å². The van der Waals surface area contributed by atoms with Gasteiger partial charge in [-0.1, -0.05) is 36.4 Å². The zero-order valence-electron chi connectivity index (χ0n) is 15.3. The average molecular weight is 384 g/mol. The molecule has 6 nitrogen and oxygen atoms in total. The Bertz CT molecular complexity index is 1240. The highest BCUT2D eigenvalue weighted by molar-refractivity contribution is 6.07. The molecule has 2 heterocycles. The van der Waals surface area contributed by atoms with E-state index in [4.69, 9.17) is 19.5 Å². The van der Waals surface area contributed by atoms with Crippen molar-refractivity contribution in [3.05, 3.63) is 77.4 Å². The second kappa shape index (κ2) is 7.00. The Morgan fingerprint density at radius 2 is 1.72 bits per heavy atom. The van der Waals surface area contributed by atoms with Gasteiger partial charge in [0.15, 0.2) is 6.79 Å². The number of aromatic carboxylic acids is 1. The fourth-order valence-electron chi connectivity index (χ4n) is 3.56. The van der Waals surface area contributed by atoms with E-state index < -0.39 is 5.97 Å². The van der Waals surface area contributed by atoms with Crippen LogP contribution in [0.1, 0.15) is 21.5 Å². The molecule has 1 aromatic heterocycles. The van der Waals surface area contributed by atoms with Crippen molar-refractivity contribution in [3.63, 3.8) is 0 Å². The van der Waals surface area contributed by atoms with Gasteiger partial charge in [0.25, 0.3) is 0 Å². The Morgan fingerprint density at radius 3 is 2.41 bits per heavy atom. The monoisotopic (exact) mass is 384 g/mol. The van der Waals surface area contributed by atoms with Crippen LogP contribution in [-0.2, 0) is 11.3 Å². The van der Waals surface area contributed by atoms with Crippen LogP contribution in [0.5, 0.6) is 5.75 Å². The summed E-state index contributed by atoms with van der Waals surface area (Å²) in [6.07, 6.45) is 1.66. The number of carboxylic acids is 1. The summed E-state index contributed by atoms with van der Waals surface area (Å²) >= 11 is 0. The van der Waals surface area contributed by atoms with Crippen molar-refractivity contribution in [2.75, 3.05) is 6.79 Å². The van der Waals surface area contributed by atoms with Crippen molar-refractivity contribution < 1.29 is 19.4 Å². The highest BCUT2D eigenvalue weighted by Gasteiger charge is 2.18. The standard InChI is InChI=1S/C23H16N2O4/c26-23(27)14-9-15(22-16(10-14)12-28-13-29-22)11-24-21-17-5-1-3-7-19(17)25-20-8-4-2-6-18(20)21/h1-11H,12-13H2,(H,26,27). The summed E-state index contributed by atoms with van der Waals surface area (Å²) < 4.78 is 10.9. The van der Waals surface area contributed by atoms with Crippen molar-refractivity contribution in [2.24, 2.45) is 4.99 Å². The molecule has 0 spiro atoms. The highest BCUT2D eigenvalue weighted by Crippen LogP contribution is 2.34. The first kappa shape index (κ1) is 17.3. The van der Waals surface area contributed by atoms with Crippen molar-refractivity contribution in [1.82, 2.24) is 4.98 Å². The zero-order valence-corrected chi connectivity index (χ0v) is 15.3. The molecule has 0 radical (unpaired) electrons. The van der Waals surface area contributed by atoms with Crippen LogP contribution < -0.4 is 4.74 Å². The number of aromatic nitrogens is 1. The maximum Gasteiger partial charge on any atom is 0.335 e. The summed E-state index contributed by atoms with van der Waals surface area (Å²) in [5.41, 5.74) is 3.96. The molecule has 6 heteroatoms. The molecule has 0 fully saturated rings. The lowest BCUT2D eigenvalue weighted by molar-refractivity contribution is -0.0165. The molecular formula is C23H16N2O4. The number of pyridine rings is 1. The largest absolute Gasteiger partial charge is 0.478 e. The van der Waals surface area contributed by atoms with Gasteiger partial charge in [0.2, 0.25) is 0 Å². The van der Waals surface area contributed by atoms with Crippen LogP contribution in [0.15, 0.2) is 65.7 Å². The van der Waals surface area contributed by atoms with E-state index in [1.807, 2.05) is 48.5 Å². The van der Waals surface area contributed by atoms with Gasteiger partial charge in [-0.05, 0) is 24.3 Å².